The van der Waals surface area contributed by atoms with Crippen molar-refractivity contribution in [3.8, 4) is 5.75 Å². The standard InChI is InChI=1S/C17H19ClN2O/c18-15-2-1-3-16(10-15)21-12-14-6-9-20-11-17(14)13-4-7-19-8-5-13/h1-3,6,9-11,13,19H,4-5,7-8,12H2. The van der Waals surface area contributed by atoms with E-state index in [4.69, 9.17) is 16.3 Å². The van der Waals surface area contributed by atoms with Crippen LogP contribution < -0.4 is 10.1 Å². The Labute approximate surface area is 130 Å². The Bertz CT molecular complexity index is 597. The number of hydrogen-bond acceptors (Lipinski definition) is 3. The zero-order valence-corrected chi connectivity index (χ0v) is 12.6. The molecule has 0 bridgehead atoms. The second kappa shape index (κ2) is 6.92. The minimum Gasteiger partial charge on any atom is -0.489 e. The maximum atomic E-state index is 5.98. The number of piperidine rings is 1. The van der Waals surface area contributed by atoms with Crippen LogP contribution in [0.2, 0.25) is 5.02 Å². The molecule has 1 aromatic heterocycles. The first-order valence-electron chi connectivity index (χ1n) is 7.35. The van der Waals surface area contributed by atoms with E-state index in [-0.39, 0.29) is 0 Å². The fourth-order valence-corrected chi connectivity index (χ4v) is 2.97. The average Bonchev–Trinajstić information content (AvgIpc) is 2.54. The van der Waals surface area contributed by atoms with Crippen LogP contribution in [0.5, 0.6) is 5.75 Å². The molecule has 0 amide bonds. The number of halogens is 1. The van der Waals surface area contributed by atoms with Crippen molar-refractivity contribution in [2.45, 2.75) is 25.4 Å². The van der Waals surface area contributed by atoms with E-state index in [9.17, 15) is 0 Å². The highest BCUT2D eigenvalue weighted by Crippen LogP contribution is 2.28. The predicted molar refractivity (Wildman–Crippen MR) is 84.9 cm³/mol. The van der Waals surface area contributed by atoms with Crippen LogP contribution in [0.3, 0.4) is 0 Å². The van der Waals surface area contributed by atoms with Gasteiger partial charge >= 0.3 is 0 Å². The Morgan fingerprint density at radius 1 is 1.24 bits per heavy atom. The Hall–Kier alpha value is -1.58. The molecule has 21 heavy (non-hydrogen) atoms. The van der Waals surface area contributed by atoms with Crippen LogP contribution in [0.1, 0.15) is 29.9 Å². The minimum absolute atomic E-state index is 0.558. The van der Waals surface area contributed by atoms with Gasteiger partial charge in [-0.15, -0.1) is 0 Å². The lowest BCUT2D eigenvalue weighted by Gasteiger charge is -2.24. The highest BCUT2D eigenvalue weighted by Gasteiger charge is 2.18. The van der Waals surface area contributed by atoms with Crippen molar-refractivity contribution in [3.05, 3.63) is 58.9 Å². The van der Waals surface area contributed by atoms with Crippen LogP contribution in [-0.4, -0.2) is 18.1 Å². The Balaban J connectivity index is 1.73. The average molecular weight is 303 g/mol. The molecule has 110 valence electrons. The van der Waals surface area contributed by atoms with Crippen molar-refractivity contribution in [1.82, 2.24) is 10.3 Å². The number of nitrogens with one attached hydrogen (secondary N) is 1. The molecule has 1 aromatic carbocycles. The lowest BCUT2D eigenvalue weighted by atomic mass is 9.88. The summed E-state index contributed by atoms with van der Waals surface area (Å²) >= 11 is 5.98. The first-order chi connectivity index (χ1) is 10.3. The van der Waals surface area contributed by atoms with Crippen molar-refractivity contribution in [3.63, 3.8) is 0 Å². The summed E-state index contributed by atoms with van der Waals surface area (Å²) in [5.41, 5.74) is 2.54. The summed E-state index contributed by atoms with van der Waals surface area (Å²) in [7, 11) is 0. The molecule has 2 heterocycles. The third-order valence-electron chi connectivity index (χ3n) is 3.92. The first kappa shape index (κ1) is 14.4. The molecule has 0 atom stereocenters. The molecule has 2 aromatic rings. The summed E-state index contributed by atoms with van der Waals surface area (Å²) < 4.78 is 5.88. The third-order valence-corrected chi connectivity index (χ3v) is 4.15. The minimum atomic E-state index is 0.558. The number of hydrogen-bond donors (Lipinski definition) is 1. The summed E-state index contributed by atoms with van der Waals surface area (Å²) in [5, 5.41) is 4.10. The van der Waals surface area contributed by atoms with E-state index >= 15 is 0 Å². The van der Waals surface area contributed by atoms with Crippen LogP contribution in [0.15, 0.2) is 42.7 Å². The number of ether oxygens (including phenoxy) is 1. The molecule has 0 saturated carbocycles. The lowest BCUT2D eigenvalue weighted by molar-refractivity contribution is 0.302. The molecule has 0 radical (unpaired) electrons. The van der Waals surface area contributed by atoms with Gasteiger partial charge in [-0.05, 0) is 67.2 Å². The topological polar surface area (TPSA) is 34.1 Å². The number of nitrogens with zero attached hydrogens (tertiary/aromatic N) is 1. The molecule has 1 aliphatic heterocycles. The molecule has 1 N–H and O–H groups in total. The van der Waals surface area contributed by atoms with E-state index in [1.54, 1.807) is 0 Å². The van der Waals surface area contributed by atoms with Crippen molar-refractivity contribution < 1.29 is 4.74 Å². The number of rotatable bonds is 4. The molecule has 3 nitrogen and oxygen atoms in total. The van der Waals surface area contributed by atoms with Crippen molar-refractivity contribution in [2.75, 3.05) is 13.1 Å². The molecular formula is C17H19ClN2O. The van der Waals surface area contributed by atoms with E-state index < -0.39 is 0 Å². The maximum Gasteiger partial charge on any atom is 0.121 e. The Kier molecular flexibility index (Phi) is 4.73. The third kappa shape index (κ3) is 3.74. The van der Waals surface area contributed by atoms with E-state index in [1.165, 1.54) is 11.1 Å². The Morgan fingerprint density at radius 2 is 2.10 bits per heavy atom. The van der Waals surface area contributed by atoms with Gasteiger partial charge in [0, 0.05) is 17.4 Å². The van der Waals surface area contributed by atoms with Gasteiger partial charge in [0.25, 0.3) is 0 Å². The van der Waals surface area contributed by atoms with Gasteiger partial charge in [0.05, 0.1) is 0 Å². The van der Waals surface area contributed by atoms with Gasteiger partial charge in [-0.1, -0.05) is 17.7 Å². The molecule has 0 aliphatic carbocycles. The quantitative estimate of drug-likeness (QED) is 0.933. The van der Waals surface area contributed by atoms with Crippen LogP contribution >= 0.6 is 11.6 Å². The van der Waals surface area contributed by atoms with E-state index in [1.807, 2.05) is 36.7 Å². The van der Waals surface area contributed by atoms with E-state index in [2.05, 4.69) is 16.4 Å². The number of pyridine rings is 1. The molecule has 0 unspecified atom stereocenters. The zero-order valence-electron chi connectivity index (χ0n) is 11.9. The fraction of sp³-hybridized carbons (Fsp3) is 0.353. The van der Waals surface area contributed by atoms with Crippen molar-refractivity contribution in [1.29, 1.82) is 0 Å². The molecule has 3 rings (SSSR count). The van der Waals surface area contributed by atoms with E-state index in [0.717, 1.165) is 31.7 Å². The van der Waals surface area contributed by atoms with Crippen LogP contribution in [0, 0.1) is 0 Å². The highest BCUT2D eigenvalue weighted by atomic mass is 35.5. The Morgan fingerprint density at radius 3 is 2.90 bits per heavy atom. The largest absolute Gasteiger partial charge is 0.489 e. The van der Waals surface area contributed by atoms with Gasteiger partial charge in [0.15, 0.2) is 0 Å². The number of aromatic nitrogens is 1. The lowest BCUT2D eigenvalue weighted by Crippen LogP contribution is -2.27. The zero-order chi connectivity index (χ0) is 14.5. The van der Waals surface area contributed by atoms with Gasteiger partial charge in [0.1, 0.15) is 12.4 Å². The van der Waals surface area contributed by atoms with Crippen molar-refractivity contribution >= 4 is 11.6 Å². The van der Waals surface area contributed by atoms with Gasteiger partial charge < -0.3 is 10.1 Å². The first-order valence-corrected chi connectivity index (χ1v) is 7.72. The van der Waals surface area contributed by atoms with Gasteiger partial charge in [0.2, 0.25) is 0 Å². The fourth-order valence-electron chi connectivity index (χ4n) is 2.79. The van der Waals surface area contributed by atoms with Crippen LogP contribution in [-0.2, 0) is 6.61 Å². The second-order valence-corrected chi connectivity index (χ2v) is 5.78. The summed E-state index contributed by atoms with van der Waals surface area (Å²) in [5.74, 6) is 1.38. The maximum absolute atomic E-state index is 5.98. The summed E-state index contributed by atoms with van der Waals surface area (Å²) in [6.07, 6.45) is 6.15. The molecule has 1 aliphatic rings. The SMILES string of the molecule is Clc1cccc(OCc2ccncc2C2CCNCC2)c1. The van der Waals surface area contributed by atoms with Gasteiger partial charge in [-0.3, -0.25) is 4.98 Å². The van der Waals surface area contributed by atoms with Crippen LogP contribution in [0.4, 0.5) is 0 Å². The molecule has 1 fully saturated rings. The molecular weight excluding hydrogens is 284 g/mol. The van der Waals surface area contributed by atoms with E-state index in [0.29, 0.717) is 17.5 Å². The number of benzene rings is 1. The second-order valence-electron chi connectivity index (χ2n) is 5.34. The monoisotopic (exact) mass is 302 g/mol. The predicted octanol–water partition coefficient (Wildman–Crippen LogP) is 3.78. The normalized spacial score (nSPS) is 15.9. The van der Waals surface area contributed by atoms with Gasteiger partial charge in [-0.25, -0.2) is 0 Å². The summed E-state index contributed by atoms with van der Waals surface area (Å²) in [4.78, 5) is 4.29. The molecule has 1 saturated heterocycles. The van der Waals surface area contributed by atoms with Crippen molar-refractivity contribution in [2.24, 2.45) is 0 Å². The smallest absolute Gasteiger partial charge is 0.121 e. The summed E-state index contributed by atoms with van der Waals surface area (Å²) in [6.45, 7) is 2.71. The molecule has 0 spiro atoms. The summed E-state index contributed by atoms with van der Waals surface area (Å²) in [6, 6.07) is 9.57. The van der Waals surface area contributed by atoms with Crippen LogP contribution in [0.25, 0.3) is 0 Å². The van der Waals surface area contributed by atoms with Gasteiger partial charge in [-0.2, -0.15) is 0 Å². The molecule has 4 heteroatoms. The highest BCUT2D eigenvalue weighted by molar-refractivity contribution is 6.30.